The zero-order valence-corrected chi connectivity index (χ0v) is 23.1. The molecule has 0 aliphatic rings. The number of carbonyl (C=O) groups is 3. The van der Waals surface area contributed by atoms with E-state index in [2.05, 4.69) is 10.3 Å². The maximum absolute atomic E-state index is 13.5. The van der Waals surface area contributed by atoms with Crippen LogP contribution in [0.25, 0.3) is 10.9 Å². The summed E-state index contributed by atoms with van der Waals surface area (Å²) >= 11 is 0. The van der Waals surface area contributed by atoms with Crippen molar-refractivity contribution in [1.82, 2.24) is 10.3 Å². The zero-order valence-electron chi connectivity index (χ0n) is 23.1. The van der Waals surface area contributed by atoms with Crippen molar-refractivity contribution in [3.63, 3.8) is 0 Å². The smallest absolute Gasteiger partial charge is 0.221 e. The number of nitrogens with one attached hydrogen (secondary N) is 2. The van der Waals surface area contributed by atoms with Gasteiger partial charge in [0.15, 0.2) is 5.78 Å². The fourth-order valence-electron chi connectivity index (χ4n) is 4.78. The van der Waals surface area contributed by atoms with E-state index in [0.29, 0.717) is 25.0 Å². The van der Waals surface area contributed by atoms with Crippen LogP contribution in [-0.4, -0.2) is 42.5 Å². The lowest BCUT2D eigenvalue weighted by molar-refractivity contribution is -0.127. The molecule has 0 spiro atoms. The molecule has 0 radical (unpaired) electrons. The molecule has 9 nitrogen and oxygen atoms in total. The Morgan fingerprint density at radius 1 is 0.902 bits per heavy atom. The predicted octanol–water partition coefficient (Wildman–Crippen LogP) is 3.44. The van der Waals surface area contributed by atoms with Gasteiger partial charge in [-0.15, -0.1) is 0 Å². The Labute approximate surface area is 239 Å². The standard InChI is InChI=1S/C32H36N4O5/c1-40-29-9-5-2-6-22(29)13-17-31(39)36-32(34)26(18-23-19-35-27-8-4-3-7-25(23)27)28(37)20-41-24-14-10-21(11-15-24)12-16-30(33)38/h2-11,14-15,19,26,32,35H,12-13,16-18,20,34H2,1H3,(H2,33,38)(H,36,39). The highest BCUT2D eigenvalue weighted by Crippen LogP contribution is 2.23. The van der Waals surface area contributed by atoms with E-state index in [0.717, 1.165) is 33.3 Å². The number of benzene rings is 3. The number of hydrogen-bond acceptors (Lipinski definition) is 6. The minimum Gasteiger partial charge on any atom is -0.496 e. The van der Waals surface area contributed by atoms with Gasteiger partial charge in [-0.1, -0.05) is 48.5 Å². The molecule has 0 aliphatic carbocycles. The molecule has 2 unspecified atom stereocenters. The van der Waals surface area contributed by atoms with E-state index >= 15 is 0 Å². The summed E-state index contributed by atoms with van der Waals surface area (Å²) in [7, 11) is 1.59. The highest BCUT2D eigenvalue weighted by Gasteiger charge is 2.28. The average molecular weight is 557 g/mol. The summed E-state index contributed by atoms with van der Waals surface area (Å²) in [6.45, 7) is -0.210. The lowest BCUT2D eigenvalue weighted by atomic mass is 9.92. The maximum atomic E-state index is 13.5. The van der Waals surface area contributed by atoms with Crippen LogP contribution in [0, 0.1) is 5.92 Å². The molecule has 0 saturated carbocycles. The number of fused-ring (bicyclic) bond motifs is 1. The Bertz CT molecular complexity index is 1480. The molecule has 0 bridgehead atoms. The van der Waals surface area contributed by atoms with Crippen molar-refractivity contribution in [2.75, 3.05) is 13.7 Å². The number of ketones is 1. The largest absolute Gasteiger partial charge is 0.496 e. The van der Waals surface area contributed by atoms with Crippen LogP contribution in [0.2, 0.25) is 0 Å². The summed E-state index contributed by atoms with van der Waals surface area (Å²) in [5.74, 6) is -0.339. The van der Waals surface area contributed by atoms with Gasteiger partial charge in [-0.05, 0) is 60.2 Å². The van der Waals surface area contributed by atoms with Crippen molar-refractivity contribution in [2.24, 2.45) is 17.4 Å². The van der Waals surface area contributed by atoms with Crippen molar-refractivity contribution in [3.8, 4) is 11.5 Å². The Kier molecular flexibility index (Phi) is 10.1. The van der Waals surface area contributed by atoms with Crippen LogP contribution in [0.15, 0.2) is 79.0 Å². The molecule has 0 aliphatic heterocycles. The third-order valence-electron chi connectivity index (χ3n) is 7.07. The molecule has 1 heterocycles. The van der Waals surface area contributed by atoms with Crippen LogP contribution in [0.4, 0.5) is 0 Å². The highest BCUT2D eigenvalue weighted by molar-refractivity contribution is 5.87. The number of Topliss-reactive ketones (excluding diaryl/α,β-unsaturated/α-hetero) is 1. The Balaban J connectivity index is 1.42. The fourth-order valence-corrected chi connectivity index (χ4v) is 4.78. The van der Waals surface area contributed by atoms with Gasteiger partial charge in [-0.25, -0.2) is 0 Å². The van der Waals surface area contributed by atoms with Crippen LogP contribution in [0.1, 0.15) is 29.5 Å². The lowest BCUT2D eigenvalue weighted by Gasteiger charge is -2.24. The number of H-pyrrole nitrogens is 1. The number of methoxy groups -OCH3 is 1. The molecule has 214 valence electrons. The second kappa shape index (κ2) is 14.1. The van der Waals surface area contributed by atoms with Crippen LogP contribution < -0.4 is 26.3 Å². The minimum absolute atomic E-state index is 0.195. The van der Waals surface area contributed by atoms with Crippen LogP contribution in [0.3, 0.4) is 0 Å². The van der Waals surface area contributed by atoms with E-state index in [1.807, 2.05) is 66.9 Å². The molecule has 41 heavy (non-hydrogen) atoms. The first-order valence-electron chi connectivity index (χ1n) is 13.6. The molecular weight excluding hydrogens is 520 g/mol. The first-order valence-corrected chi connectivity index (χ1v) is 13.6. The number of rotatable bonds is 15. The first-order chi connectivity index (χ1) is 19.8. The van der Waals surface area contributed by atoms with Crippen molar-refractivity contribution in [3.05, 3.63) is 95.7 Å². The van der Waals surface area contributed by atoms with Gasteiger partial charge in [-0.2, -0.15) is 0 Å². The van der Waals surface area contributed by atoms with Gasteiger partial charge >= 0.3 is 0 Å². The average Bonchev–Trinajstić information content (AvgIpc) is 3.39. The number of ether oxygens (including phenoxy) is 2. The second-order valence-electron chi connectivity index (χ2n) is 9.94. The van der Waals surface area contributed by atoms with Crippen LogP contribution >= 0.6 is 0 Å². The molecule has 0 fully saturated rings. The number of aromatic nitrogens is 1. The molecule has 2 atom stereocenters. The van der Waals surface area contributed by atoms with Crippen molar-refractivity contribution < 1.29 is 23.9 Å². The van der Waals surface area contributed by atoms with E-state index in [4.69, 9.17) is 20.9 Å². The summed E-state index contributed by atoms with van der Waals surface area (Å²) in [6.07, 6.45) is 2.74. The van der Waals surface area contributed by atoms with Crippen molar-refractivity contribution >= 4 is 28.5 Å². The summed E-state index contributed by atoms with van der Waals surface area (Å²) in [4.78, 5) is 40.6. The molecule has 4 rings (SSSR count). The van der Waals surface area contributed by atoms with Gasteiger partial charge in [0.2, 0.25) is 11.8 Å². The molecule has 1 aromatic heterocycles. The normalized spacial score (nSPS) is 12.4. The van der Waals surface area contributed by atoms with E-state index < -0.39 is 12.1 Å². The number of carbonyl (C=O) groups excluding carboxylic acids is 3. The van der Waals surface area contributed by atoms with Crippen molar-refractivity contribution in [1.29, 1.82) is 0 Å². The summed E-state index contributed by atoms with van der Waals surface area (Å²) < 4.78 is 11.2. The van der Waals surface area contributed by atoms with Gasteiger partial charge in [-0.3, -0.25) is 14.4 Å². The third kappa shape index (κ3) is 8.18. The topological polar surface area (TPSA) is 150 Å². The van der Waals surface area contributed by atoms with Crippen molar-refractivity contribution in [2.45, 2.75) is 38.3 Å². The van der Waals surface area contributed by atoms with E-state index in [1.165, 1.54) is 0 Å². The highest BCUT2D eigenvalue weighted by atomic mass is 16.5. The minimum atomic E-state index is -0.916. The number of amides is 2. The Morgan fingerprint density at radius 2 is 1.63 bits per heavy atom. The summed E-state index contributed by atoms with van der Waals surface area (Å²) in [6, 6.07) is 22.5. The molecule has 6 N–H and O–H groups in total. The number of aromatic amines is 1. The zero-order chi connectivity index (χ0) is 29.2. The number of hydrogen-bond donors (Lipinski definition) is 4. The predicted molar refractivity (Wildman–Crippen MR) is 157 cm³/mol. The second-order valence-corrected chi connectivity index (χ2v) is 9.94. The monoisotopic (exact) mass is 556 g/mol. The summed E-state index contributed by atoms with van der Waals surface area (Å²) in [5, 5.41) is 3.82. The SMILES string of the molecule is COc1ccccc1CCC(=O)NC(N)C(Cc1c[nH]c2ccccc12)C(=O)COc1ccc(CCC(N)=O)cc1. The molecular formula is C32H36N4O5. The van der Waals surface area contributed by atoms with Crippen LogP contribution in [0.5, 0.6) is 11.5 Å². The van der Waals surface area contributed by atoms with Gasteiger partial charge in [0, 0.05) is 29.9 Å². The number of primary amides is 1. The van der Waals surface area contributed by atoms with Gasteiger partial charge in [0.05, 0.1) is 19.2 Å². The van der Waals surface area contributed by atoms with Gasteiger partial charge < -0.3 is 31.2 Å². The van der Waals surface area contributed by atoms with Gasteiger partial charge in [0.25, 0.3) is 0 Å². The number of para-hydroxylation sites is 2. The molecule has 4 aromatic rings. The van der Waals surface area contributed by atoms with E-state index in [9.17, 15) is 14.4 Å². The maximum Gasteiger partial charge on any atom is 0.221 e. The van der Waals surface area contributed by atoms with E-state index in [1.54, 1.807) is 19.2 Å². The molecule has 0 saturated heterocycles. The number of aryl methyl sites for hydroxylation is 2. The Hall–Kier alpha value is -4.63. The Morgan fingerprint density at radius 3 is 2.39 bits per heavy atom. The molecule has 2 amide bonds. The quantitative estimate of drug-likeness (QED) is 0.165. The summed E-state index contributed by atoms with van der Waals surface area (Å²) in [5.41, 5.74) is 15.4. The third-order valence-corrected chi connectivity index (χ3v) is 7.07. The lowest BCUT2D eigenvalue weighted by Crippen LogP contribution is -2.51. The number of nitrogens with two attached hydrogens (primary N) is 2. The van der Waals surface area contributed by atoms with E-state index in [-0.39, 0.29) is 37.0 Å². The fraction of sp³-hybridized carbons (Fsp3) is 0.281. The first kappa shape index (κ1) is 29.4. The molecule has 3 aromatic carbocycles. The molecule has 9 heteroatoms. The van der Waals surface area contributed by atoms with Crippen LogP contribution in [-0.2, 0) is 33.6 Å². The van der Waals surface area contributed by atoms with Gasteiger partial charge in [0.1, 0.15) is 18.1 Å².